The number of hydrogen-bond acceptors (Lipinski definition) is 10. The Hall–Kier alpha value is -5.77. The molecule has 0 spiro atoms. The van der Waals surface area contributed by atoms with Gasteiger partial charge in [-0.1, -0.05) is 67.6 Å². The van der Waals surface area contributed by atoms with Crippen LogP contribution in [0.4, 0.5) is 24.9 Å². The molecule has 0 amide bonds. The molecule has 0 bridgehead atoms. The van der Waals surface area contributed by atoms with Gasteiger partial charge < -0.3 is 29.6 Å². The number of fused-ring (bicyclic) bond motifs is 1. The van der Waals surface area contributed by atoms with Crippen molar-refractivity contribution in [1.29, 1.82) is 0 Å². The number of aromatic nitrogens is 8. The highest BCUT2D eigenvalue weighted by molar-refractivity contribution is 5.84. The highest BCUT2D eigenvalue weighted by Crippen LogP contribution is 2.42. The van der Waals surface area contributed by atoms with Crippen molar-refractivity contribution in [2.75, 3.05) is 23.7 Å². The Bertz CT molecular complexity index is 2130. The smallest absolute Gasteiger partial charge is 0.451 e. The van der Waals surface area contributed by atoms with E-state index >= 15 is 0 Å². The molecule has 54 heavy (non-hydrogen) atoms. The number of hydrogen-bond donors (Lipinski definition) is 3. The number of carbonyl (C=O) groups excluding carboxylic acids is 1. The van der Waals surface area contributed by atoms with Crippen LogP contribution >= 0.6 is 0 Å². The van der Waals surface area contributed by atoms with Crippen molar-refractivity contribution in [2.24, 2.45) is 0 Å². The molecular formula is C38H41F3N10O3. The molecule has 1 saturated carbocycles. The van der Waals surface area contributed by atoms with E-state index < -0.39 is 36.4 Å². The molecule has 4 heterocycles. The number of carbonyl (C=O) groups is 1. The van der Waals surface area contributed by atoms with Gasteiger partial charge >= 0.3 is 12.1 Å². The van der Waals surface area contributed by atoms with Crippen LogP contribution < -0.4 is 10.6 Å². The van der Waals surface area contributed by atoms with E-state index in [0.29, 0.717) is 37.3 Å². The Labute approximate surface area is 309 Å². The van der Waals surface area contributed by atoms with Gasteiger partial charge in [-0.15, -0.1) is 0 Å². The summed E-state index contributed by atoms with van der Waals surface area (Å²) in [5.74, 6) is -1.82. The first kappa shape index (κ1) is 36.6. The largest absolute Gasteiger partial charge is 0.490 e. The van der Waals surface area contributed by atoms with E-state index in [1.807, 2.05) is 61.0 Å². The monoisotopic (exact) mass is 742 g/mol. The zero-order chi connectivity index (χ0) is 37.8. The third-order valence-electron chi connectivity index (χ3n) is 9.84. The number of aryl methyl sites for hydroxylation is 2. The van der Waals surface area contributed by atoms with Crippen molar-refractivity contribution < 1.29 is 27.8 Å². The Balaban J connectivity index is 1.26. The van der Waals surface area contributed by atoms with Gasteiger partial charge in [-0.2, -0.15) is 28.2 Å². The number of benzene rings is 2. The van der Waals surface area contributed by atoms with Crippen LogP contribution in [0.15, 0.2) is 91.9 Å². The highest BCUT2D eigenvalue weighted by Gasteiger charge is 2.51. The van der Waals surface area contributed by atoms with Crippen LogP contribution in [0.2, 0.25) is 0 Å². The molecule has 282 valence electrons. The second-order valence-corrected chi connectivity index (χ2v) is 13.3. The lowest BCUT2D eigenvalue weighted by Crippen LogP contribution is -2.39. The minimum absolute atomic E-state index is 0.0661. The summed E-state index contributed by atoms with van der Waals surface area (Å²) in [6, 6.07) is 18.3. The zero-order valence-electron chi connectivity index (χ0n) is 29.8. The first-order chi connectivity index (χ1) is 26.1. The van der Waals surface area contributed by atoms with Crippen molar-refractivity contribution in [3.8, 4) is 0 Å². The first-order valence-electron chi connectivity index (χ1n) is 17.9. The minimum atomic E-state index is -5.27. The fourth-order valence-corrected chi connectivity index (χ4v) is 6.95. The average molecular weight is 743 g/mol. The third-order valence-corrected chi connectivity index (χ3v) is 9.84. The number of imidazole rings is 2. The van der Waals surface area contributed by atoms with Gasteiger partial charge in [0.2, 0.25) is 5.95 Å². The normalized spacial score (nSPS) is 18.7. The molecule has 4 aromatic heterocycles. The maximum Gasteiger partial charge on any atom is 0.490 e. The van der Waals surface area contributed by atoms with Crippen LogP contribution in [0.1, 0.15) is 60.7 Å². The van der Waals surface area contributed by atoms with E-state index in [-0.39, 0.29) is 23.9 Å². The molecule has 3 N–H and O–H groups in total. The molecule has 2 aromatic carbocycles. The summed E-state index contributed by atoms with van der Waals surface area (Å²) in [6.07, 6.45) is 1.50. The zero-order valence-corrected chi connectivity index (χ0v) is 29.8. The summed E-state index contributed by atoms with van der Waals surface area (Å²) in [4.78, 5) is 30.9. The van der Waals surface area contributed by atoms with Gasteiger partial charge in [-0.3, -0.25) is 4.68 Å². The van der Waals surface area contributed by atoms with Gasteiger partial charge in [-0.05, 0) is 36.5 Å². The fourth-order valence-electron chi connectivity index (χ4n) is 6.95. The van der Waals surface area contributed by atoms with Crippen LogP contribution in [0.3, 0.4) is 0 Å². The molecule has 6 aromatic rings. The van der Waals surface area contributed by atoms with Crippen molar-refractivity contribution in [2.45, 2.75) is 76.0 Å². The fraction of sp³-hybridized carbons (Fsp3) is 0.368. The van der Waals surface area contributed by atoms with Crippen LogP contribution in [-0.4, -0.2) is 81.4 Å². The number of alkyl halides is 3. The Morgan fingerprint density at radius 2 is 1.69 bits per heavy atom. The van der Waals surface area contributed by atoms with Gasteiger partial charge in [0, 0.05) is 44.4 Å². The van der Waals surface area contributed by atoms with Crippen molar-refractivity contribution in [3.05, 3.63) is 114 Å². The lowest BCUT2D eigenvalue weighted by molar-refractivity contribution is -0.210. The van der Waals surface area contributed by atoms with Crippen molar-refractivity contribution in [3.63, 3.8) is 0 Å². The van der Waals surface area contributed by atoms with E-state index in [9.17, 15) is 23.1 Å². The van der Waals surface area contributed by atoms with Gasteiger partial charge in [0.15, 0.2) is 23.1 Å². The number of nitrogens with zero attached hydrogens (tertiary/aromatic N) is 8. The molecular weight excluding hydrogens is 701 g/mol. The molecule has 1 fully saturated rings. The van der Waals surface area contributed by atoms with E-state index in [1.54, 1.807) is 23.3 Å². The predicted octanol–water partition coefficient (Wildman–Crippen LogP) is 5.72. The number of anilines is 2. The Morgan fingerprint density at radius 1 is 0.963 bits per heavy atom. The summed E-state index contributed by atoms with van der Waals surface area (Å²) >= 11 is 0. The topological polar surface area (TPSA) is 150 Å². The SMILES string of the molecule is CCc1cnn([C@H]2C[C@@H](n3cnc4c(NCC(c5ccccc5)c5ccccc5)nc(NCCc5cn(CC)cn5)nc43)[C@H](OC(=O)C(F)(F)F)[C@@H]2O)c1. The number of ether oxygens (including phenoxy) is 1. The lowest BCUT2D eigenvalue weighted by atomic mass is 9.91. The third kappa shape index (κ3) is 7.78. The lowest BCUT2D eigenvalue weighted by Gasteiger charge is -2.24. The van der Waals surface area contributed by atoms with Crippen LogP contribution in [-0.2, 0) is 28.9 Å². The van der Waals surface area contributed by atoms with Crippen LogP contribution in [0.25, 0.3) is 11.2 Å². The average Bonchev–Trinajstić information content (AvgIpc) is 3.99. The predicted molar refractivity (Wildman–Crippen MR) is 195 cm³/mol. The van der Waals surface area contributed by atoms with Crippen molar-refractivity contribution >= 4 is 28.9 Å². The van der Waals surface area contributed by atoms with Gasteiger partial charge in [-0.25, -0.2) is 14.8 Å². The molecule has 1 aliphatic rings. The van der Waals surface area contributed by atoms with E-state index in [1.165, 1.54) is 11.0 Å². The van der Waals surface area contributed by atoms with E-state index in [0.717, 1.165) is 28.9 Å². The summed E-state index contributed by atoms with van der Waals surface area (Å²) < 4.78 is 50.7. The van der Waals surface area contributed by atoms with Crippen LogP contribution in [0, 0.1) is 0 Å². The Morgan fingerprint density at radius 3 is 2.31 bits per heavy atom. The summed E-state index contributed by atoms with van der Waals surface area (Å²) in [6.45, 7) is 5.63. The van der Waals surface area contributed by atoms with Crippen molar-refractivity contribution in [1.82, 2.24) is 38.9 Å². The first-order valence-corrected chi connectivity index (χ1v) is 17.9. The maximum atomic E-state index is 13.5. The quantitative estimate of drug-likeness (QED) is 0.118. The second-order valence-electron chi connectivity index (χ2n) is 13.3. The molecule has 16 heteroatoms. The number of esters is 1. The number of halogens is 3. The van der Waals surface area contributed by atoms with Gasteiger partial charge in [0.25, 0.3) is 0 Å². The summed E-state index contributed by atoms with van der Waals surface area (Å²) in [5.41, 5.74) is 4.57. The number of nitrogens with one attached hydrogen (secondary N) is 2. The van der Waals surface area contributed by atoms with Gasteiger partial charge in [0.05, 0.1) is 36.6 Å². The Kier molecular flexibility index (Phi) is 10.6. The van der Waals surface area contributed by atoms with Gasteiger partial charge in [0.1, 0.15) is 6.10 Å². The summed E-state index contributed by atoms with van der Waals surface area (Å²) in [7, 11) is 0. The molecule has 0 saturated heterocycles. The van der Waals surface area contributed by atoms with E-state index in [4.69, 9.17) is 14.7 Å². The number of aliphatic hydroxyl groups excluding tert-OH is 1. The number of aliphatic hydroxyl groups is 1. The van der Waals surface area contributed by atoms with E-state index in [2.05, 4.69) is 50.0 Å². The molecule has 7 rings (SSSR count). The molecule has 0 aliphatic heterocycles. The highest BCUT2D eigenvalue weighted by atomic mass is 19.4. The molecule has 4 atom stereocenters. The maximum absolute atomic E-state index is 13.5. The molecule has 0 radical (unpaired) electrons. The second kappa shape index (κ2) is 15.7. The summed E-state index contributed by atoms with van der Waals surface area (Å²) in [5, 5.41) is 22.6. The molecule has 0 unspecified atom stereocenters. The minimum Gasteiger partial charge on any atom is -0.451 e. The number of rotatable bonds is 14. The molecule has 13 nitrogen and oxygen atoms in total. The standard InChI is InChI=1S/C38H41F3N10O3/c1-3-24-18-46-51(20-24)29-17-30(33(32(29)52)54-36(53)38(39,40)41)50-23-45-31-34(43-19-28(25-11-7-5-8-12-25)26-13-9-6-10-14-26)47-37(48-35(31)50)42-16-15-27-21-49(4-2)22-44-27/h5-14,18,20-23,28-30,32-33,52H,3-4,15-17,19H2,1-2H3,(H2,42,43,47,48)/t29-,30+,32+,33-/m0/s1. The van der Waals surface area contributed by atoms with Crippen LogP contribution in [0.5, 0.6) is 0 Å². The molecule has 1 aliphatic carbocycles.